The van der Waals surface area contributed by atoms with E-state index in [2.05, 4.69) is 5.32 Å². The minimum absolute atomic E-state index is 0.271. The van der Waals surface area contributed by atoms with Gasteiger partial charge in [-0.05, 0) is 50.2 Å². The number of hydrogen-bond acceptors (Lipinski definition) is 3. The van der Waals surface area contributed by atoms with Crippen molar-refractivity contribution in [3.8, 4) is 11.5 Å². The number of amides is 1. The molecule has 128 valence electrons. The molecule has 2 aromatic carbocycles. The summed E-state index contributed by atoms with van der Waals surface area (Å²) < 4.78 is 11.2. The van der Waals surface area contributed by atoms with Gasteiger partial charge in [0.15, 0.2) is 5.75 Å². The number of nitrogens with one attached hydrogen (secondary N) is 1. The van der Waals surface area contributed by atoms with Crippen molar-refractivity contribution in [2.24, 2.45) is 0 Å². The van der Waals surface area contributed by atoms with Gasteiger partial charge in [-0.25, -0.2) is 0 Å². The fraction of sp³-hybridized carbons (Fsp3) is 0.105. The van der Waals surface area contributed by atoms with Crippen LogP contribution >= 0.6 is 23.2 Å². The molecule has 0 saturated heterocycles. The number of furan rings is 1. The Labute approximate surface area is 155 Å². The number of ether oxygens (including phenoxy) is 1. The van der Waals surface area contributed by atoms with E-state index < -0.39 is 0 Å². The van der Waals surface area contributed by atoms with Crippen molar-refractivity contribution < 1.29 is 13.9 Å². The number of anilines is 1. The molecule has 1 amide bonds. The summed E-state index contributed by atoms with van der Waals surface area (Å²) in [6, 6.07) is 13.8. The molecule has 3 rings (SSSR count). The lowest BCUT2D eigenvalue weighted by atomic mass is 10.2. The molecule has 0 fully saturated rings. The van der Waals surface area contributed by atoms with Crippen molar-refractivity contribution in [2.75, 3.05) is 5.32 Å². The summed E-state index contributed by atoms with van der Waals surface area (Å²) >= 11 is 12.0. The van der Waals surface area contributed by atoms with E-state index in [-0.39, 0.29) is 5.91 Å². The van der Waals surface area contributed by atoms with E-state index in [1.807, 2.05) is 6.07 Å². The molecular formula is C19H15Cl2NO3. The molecular weight excluding hydrogens is 361 g/mol. The first-order chi connectivity index (χ1) is 11.9. The van der Waals surface area contributed by atoms with Gasteiger partial charge in [0.2, 0.25) is 0 Å². The molecule has 25 heavy (non-hydrogen) atoms. The third-order valence-corrected chi connectivity index (χ3v) is 4.07. The van der Waals surface area contributed by atoms with Crippen molar-refractivity contribution >= 4 is 34.8 Å². The summed E-state index contributed by atoms with van der Waals surface area (Å²) in [5, 5.41) is 3.74. The zero-order valence-electron chi connectivity index (χ0n) is 13.6. The van der Waals surface area contributed by atoms with E-state index in [1.54, 1.807) is 56.3 Å². The molecule has 0 bridgehead atoms. The van der Waals surface area contributed by atoms with Gasteiger partial charge in [0.25, 0.3) is 5.91 Å². The van der Waals surface area contributed by atoms with Crippen molar-refractivity contribution in [3.05, 3.63) is 75.7 Å². The van der Waals surface area contributed by atoms with E-state index in [1.165, 1.54) is 0 Å². The molecule has 1 N–H and O–H groups in total. The monoisotopic (exact) mass is 375 g/mol. The summed E-state index contributed by atoms with van der Waals surface area (Å²) in [6.07, 6.45) is 0. The van der Waals surface area contributed by atoms with Crippen molar-refractivity contribution in [1.29, 1.82) is 0 Å². The predicted octanol–water partition coefficient (Wildman–Crippen LogP) is 6.25. The fourth-order valence-electron chi connectivity index (χ4n) is 2.38. The summed E-state index contributed by atoms with van der Waals surface area (Å²) in [6.45, 7) is 3.54. The van der Waals surface area contributed by atoms with Crippen molar-refractivity contribution in [2.45, 2.75) is 13.8 Å². The second-order valence-corrected chi connectivity index (χ2v) is 6.30. The molecule has 0 aliphatic carbocycles. The number of halogens is 2. The lowest BCUT2D eigenvalue weighted by Crippen LogP contribution is -2.12. The average molecular weight is 376 g/mol. The summed E-state index contributed by atoms with van der Waals surface area (Å²) in [5.41, 5.74) is 1.01. The first-order valence-electron chi connectivity index (χ1n) is 7.54. The van der Waals surface area contributed by atoms with Gasteiger partial charge in [-0.2, -0.15) is 0 Å². The van der Waals surface area contributed by atoms with Gasteiger partial charge in [0.05, 0.1) is 16.3 Å². The second kappa shape index (κ2) is 7.21. The highest BCUT2D eigenvalue weighted by atomic mass is 35.5. The largest absolute Gasteiger partial charge is 0.466 e. The van der Waals surface area contributed by atoms with Crippen LogP contribution in [0.4, 0.5) is 5.69 Å². The zero-order valence-corrected chi connectivity index (χ0v) is 15.1. The SMILES string of the molecule is Cc1cc(C(=O)Nc2ccccc2Oc2ccc(Cl)cc2Cl)c(C)o1. The average Bonchev–Trinajstić information content (AvgIpc) is 2.90. The van der Waals surface area contributed by atoms with Gasteiger partial charge in [0, 0.05) is 5.02 Å². The Kier molecular flexibility index (Phi) is 5.02. The minimum Gasteiger partial charge on any atom is -0.466 e. The first kappa shape index (κ1) is 17.4. The maximum Gasteiger partial charge on any atom is 0.259 e. The normalized spacial score (nSPS) is 10.6. The van der Waals surface area contributed by atoms with Crippen LogP contribution in [0.1, 0.15) is 21.9 Å². The highest BCUT2D eigenvalue weighted by Crippen LogP contribution is 2.35. The van der Waals surface area contributed by atoms with E-state index in [0.717, 1.165) is 0 Å². The number of carbonyl (C=O) groups excluding carboxylic acids is 1. The van der Waals surface area contributed by atoms with Crippen LogP contribution < -0.4 is 10.1 Å². The summed E-state index contributed by atoms with van der Waals surface area (Å²) in [4.78, 5) is 12.5. The molecule has 0 aliphatic rings. The molecule has 0 spiro atoms. The molecule has 3 aromatic rings. The van der Waals surface area contributed by atoms with Crippen LogP contribution in [0.3, 0.4) is 0 Å². The van der Waals surface area contributed by atoms with Crippen LogP contribution in [0, 0.1) is 13.8 Å². The summed E-state index contributed by atoms with van der Waals surface area (Å²) in [7, 11) is 0. The Morgan fingerprint density at radius 3 is 2.48 bits per heavy atom. The van der Waals surface area contributed by atoms with E-state index in [9.17, 15) is 4.79 Å². The third kappa shape index (κ3) is 3.98. The van der Waals surface area contributed by atoms with Crippen molar-refractivity contribution in [1.82, 2.24) is 0 Å². The highest BCUT2D eigenvalue weighted by Gasteiger charge is 2.16. The highest BCUT2D eigenvalue weighted by molar-refractivity contribution is 6.35. The Morgan fingerprint density at radius 2 is 1.80 bits per heavy atom. The molecule has 0 atom stereocenters. The molecule has 4 nitrogen and oxygen atoms in total. The Morgan fingerprint density at radius 1 is 1.04 bits per heavy atom. The topological polar surface area (TPSA) is 51.5 Å². The number of hydrogen-bond donors (Lipinski definition) is 1. The van der Waals surface area contributed by atoms with Crippen LogP contribution in [0.5, 0.6) is 11.5 Å². The number of para-hydroxylation sites is 2. The minimum atomic E-state index is -0.271. The number of rotatable bonds is 4. The molecule has 0 unspecified atom stereocenters. The van der Waals surface area contributed by atoms with Crippen LogP contribution in [0.15, 0.2) is 52.9 Å². The molecule has 0 saturated carbocycles. The maximum atomic E-state index is 12.5. The Hall–Kier alpha value is -2.43. The number of benzene rings is 2. The Bertz CT molecular complexity index is 934. The van der Waals surface area contributed by atoms with Crippen LogP contribution in [0.2, 0.25) is 10.0 Å². The standard InChI is InChI=1S/C19H15Cl2NO3/c1-11-9-14(12(2)24-11)19(23)22-16-5-3-4-6-18(16)25-17-8-7-13(20)10-15(17)21/h3-10H,1-2H3,(H,22,23). The predicted molar refractivity (Wildman–Crippen MR) is 99.1 cm³/mol. The first-order valence-corrected chi connectivity index (χ1v) is 8.30. The fourth-order valence-corrected chi connectivity index (χ4v) is 2.83. The van der Waals surface area contributed by atoms with Crippen molar-refractivity contribution in [3.63, 3.8) is 0 Å². The van der Waals surface area contributed by atoms with E-state index >= 15 is 0 Å². The van der Waals surface area contributed by atoms with Crippen LogP contribution in [-0.2, 0) is 0 Å². The molecule has 1 aromatic heterocycles. The molecule has 0 radical (unpaired) electrons. The Balaban J connectivity index is 1.86. The molecule has 0 aliphatic heterocycles. The number of aryl methyl sites for hydroxylation is 2. The lowest BCUT2D eigenvalue weighted by Gasteiger charge is -2.13. The molecule has 6 heteroatoms. The molecule has 1 heterocycles. The van der Waals surface area contributed by atoms with Crippen LogP contribution in [-0.4, -0.2) is 5.91 Å². The van der Waals surface area contributed by atoms with E-state index in [4.69, 9.17) is 32.4 Å². The van der Waals surface area contributed by atoms with Gasteiger partial charge in [-0.15, -0.1) is 0 Å². The van der Waals surface area contributed by atoms with Gasteiger partial charge >= 0.3 is 0 Å². The maximum absolute atomic E-state index is 12.5. The van der Waals surface area contributed by atoms with E-state index in [0.29, 0.717) is 44.3 Å². The third-order valence-electron chi connectivity index (χ3n) is 3.53. The van der Waals surface area contributed by atoms with Gasteiger partial charge in [-0.1, -0.05) is 35.3 Å². The smallest absolute Gasteiger partial charge is 0.259 e. The van der Waals surface area contributed by atoms with Gasteiger partial charge in [-0.3, -0.25) is 4.79 Å². The zero-order chi connectivity index (χ0) is 18.0. The lowest BCUT2D eigenvalue weighted by molar-refractivity contribution is 0.102. The summed E-state index contributed by atoms with van der Waals surface area (Å²) in [5.74, 6) is 1.89. The quantitative estimate of drug-likeness (QED) is 0.586. The van der Waals surface area contributed by atoms with Gasteiger partial charge < -0.3 is 14.5 Å². The second-order valence-electron chi connectivity index (χ2n) is 5.45. The van der Waals surface area contributed by atoms with Crippen LogP contribution in [0.25, 0.3) is 0 Å². The number of carbonyl (C=O) groups is 1. The van der Waals surface area contributed by atoms with Gasteiger partial charge in [0.1, 0.15) is 17.3 Å².